The molecule has 3 aromatic heterocycles. The average Bonchev–Trinajstić information content (AvgIpc) is 3.89. The zero-order valence-corrected chi connectivity index (χ0v) is 40.4. The van der Waals surface area contributed by atoms with Crippen molar-refractivity contribution in [1.29, 1.82) is 0 Å². The predicted octanol–water partition coefficient (Wildman–Crippen LogP) is 16.1. The van der Waals surface area contributed by atoms with E-state index >= 15 is 0 Å². The van der Waals surface area contributed by atoms with E-state index < -0.39 is 0 Å². The Morgan fingerprint density at radius 3 is 0.767 bits per heavy atom. The van der Waals surface area contributed by atoms with E-state index in [-0.39, 0.29) is 32.5 Å². The Morgan fingerprint density at radius 2 is 0.533 bits per heavy atom. The summed E-state index contributed by atoms with van der Waals surface area (Å²) in [5, 5.41) is 0. The molecule has 3 aromatic carbocycles. The molecule has 0 amide bonds. The smallest absolute Gasteiger partial charge is 0.0510 e. The maximum Gasteiger partial charge on any atom is 0.0510 e. The van der Waals surface area contributed by atoms with Gasteiger partial charge >= 0.3 is 0 Å². The summed E-state index contributed by atoms with van der Waals surface area (Å²) in [5.74, 6) is 0. The van der Waals surface area contributed by atoms with Crippen LogP contribution in [0.5, 0.6) is 0 Å². The van der Waals surface area contributed by atoms with Crippen LogP contribution in [-0.2, 0) is 45.3 Å². The third kappa shape index (κ3) is 8.61. The standard InChI is InChI=1S/C57H73N3/c1-52(2,3)37-25-34(26-38(31-37)53(4,5)6)49-43-19-21-45(58-43)50(35-27-39(54(7,8)9)32-40(28-35)55(10,11)12)47-23-24-48(60-47)51(46-22-20-44(49)59-46)36-29-41(56(13,14)15)33-42(30-36)57(16,17)18/h19-22,25-33,58-59H,23-24H2,1-18H3. The SMILES string of the molecule is CC(C)(C)c1cc(-c2c3nc(c(-c4cc(C(C)(C)C)cc(C(C)(C)C)c4)c4ccc([nH]4)c(-c4cc(C(C)(C)C)cc(C(C)(C)C)c4)c4ccc2[nH]4)CC3)cc(C(C)(C)C)c1. The van der Waals surface area contributed by atoms with Crippen LogP contribution in [0.3, 0.4) is 0 Å². The lowest BCUT2D eigenvalue weighted by molar-refractivity contribution is 0.568. The number of fused-ring (bicyclic) bond motifs is 6. The van der Waals surface area contributed by atoms with Crippen LogP contribution in [0.25, 0.3) is 55.4 Å². The number of nitrogens with zero attached hydrogens (tertiary/aromatic N) is 1. The van der Waals surface area contributed by atoms with E-state index in [9.17, 15) is 0 Å². The number of benzene rings is 3. The topological polar surface area (TPSA) is 44.5 Å². The number of hydrogen-bond donors (Lipinski definition) is 2. The predicted molar refractivity (Wildman–Crippen MR) is 261 cm³/mol. The van der Waals surface area contributed by atoms with Crippen LogP contribution in [0.15, 0.2) is 78.9 Å². The van der Waals surface area contributed by atoms with Crippen molar-refractivity contribution in [2.45, 2.75) is 170 Å². The van der Waals surface area contributed by atoms with Gasteiger partial charge in [0.25, 0.3) is 0 Å². The molecule has 0 unspecified atom stereocenters. The highest BCUT2D eigenvalue weighted by atomic mass is 14.8. The summed E-state index contributed by atoms with van der Waals surface area (Å²) in [4.78, 5) is 13.8. The van der Waals surface area contributed by atoms with E-state index in [4.69, 9.17) is 4.98 Å². The fourth-order valence-electron chi connectivity index (χ4n) is 8.57. The summed E-state index contributed by atoms with van der Waals surface area (Å²) in [6, 6.07) is 31.1. The van der Waals surface area contributed by atoms with Crippen LogP contribution >= 0.6 is 0 Å². The quantitative estimate of drug-likeness (QED) is 0.184. The molecule has 7 rings (SSSR count). The molecular weight excluding hydrogens is 727 g/mol. The Labute approximate surface area is 362 Å². The van der Waals surface area contributed by atoms with Crippen molar-refractivity contribution in [3.05, 3.63) is 124 Å². The van der Waals surface area contributed by atoms with Crippen molar-refractivity contribution >= 4 is 22.1 Å². The van der Waals surface area contributed by atoms with Gasteiger partial charge in [0.1, 0.15) is 0 Å². The minimum absolute atomic E-state index is 0.0189. The Morgan fingerprint density at radius 1 is 0.317 bits per heavy atom. The summed E-state index contributed by atoms with van der Waals surface area (Å²) in [7, 11) is 0. The van der Waals surface area contributed by atoms with Crippen molar-refractivity contribution in [3.8, 4) is 33.4 Å². The van der Waals surface area contributed by atoms with Gasteiger partial charge in [-0.3, -0.25) is 4.98 Å². The van der Waals surface area contributed by atoms with Crippen LogP contribution in [0.1, 0.15) is 169 Å². The average molecular weight is 800 g/mol. The fourth-order valence-corrected chi connectivity index (χ4v) is 8.57. The molecule has 0 fully saturated rings. The van der Waals surface area contributed by atoms with Gasteiger partial charge in [0.05, 0.1) is 11.4 Å². The van der Waals surface area contributed by atoms with Crippen molar-refractivity contribution in [2.75, 3.05) is 0 Å². The second-order valence-electron chi connectivity index (χ2n) is 24.1. The molecule has 1 aliphatic rings. The third-order valence-electron chi connectivity index (χ3n) is 12.8. The van der Waals surface area contributed by atoms with E-state index in [1.54, 1.807) is 0 Å². The number of rotatable bonds is 3. The van der Waals surface area contributed by atoms with Crippen LogP contribution in [-0.4, -0.2) is 15.0 Å². The van der Waals surface area contributed by atoms with Crippen LogP contribution in [0.4, 0.5) is 0 Å². The lowest BCUT2D eigenvalue weighted by Crippen LogP contribution is -2.16. The number of nitrogens with one attached hydrogen (secondary N) is 2. The lowest BCUT2D eigenvalue weighted by atomic mass is 9.78. The lowest BCUT2D eigenvalue weighted by Gasteiger charge is -2.26. The van der Waals surface area contributed by atoms with Gasteiger partial charge in [-0.2, -0.15) is 0 Å². The number of hydrogen-bond acceptors (Lipinski definition) is 1. The summed E-state index contributed by atoms with van der Waals surface area (Å²) < 4.78 is 0. The van der Waals surface area contributed by atoms with E-state index in [2.05, 4.69) is 213 Å². The summed E-state index contributed by atoms with van der Waals surface area (Å²) in [5.41, 5.74) is 21.9. The minimum Gasteiger partial charge on any atom is -0.354 e. The van der Waals surface area contributed by atoms with Gasteiger partial charge in [-0.05, 0) is 120 Å². The Bertz CT molecular complexity index is 2440. The van der Waals surface area contributed by atoms with E-state index in [1.807, 2.05) is 0 Å². The first-order valence-electron chi connectivity index (χ1n) is 22.4. The first kappa shape index (κ1) is 43.5. The molecule has 3 nitrogen and oxygen atoms in total. The molecule has 2 N–H and O–H groups in total. The first-order valence-corrected chi connectivity index (χ1v) is 22.4. The van der Waals surface area contributed by atoms with Gasteiger partial charge in [-0.1, -0.05) is 179 Å². The van der Waals surface area contributed by atoms with Gasteiger partial charge in [-0.25, -0.2) is 0 Å². The minimum atomic E-state index is -0.0225. The molecular formula is C57H73N3. The van der Waals surface area contributed by atoms with Crippen molar-refractivity contribution in [3.63, 3.8) is 0 Å². The van der Waals surface area contributed by atoms with Crippen LogP contribution in [0.2, 0.25) is 0 Å². The van der Waals surface area contributed by atoms with Gasteiger partial charge in [-0.15, -0.1) is 0 Å². The maximum atomic E-state index is 5.74. The largest absolute Gasteiger partial charge is 0.354 e. The van der Waals surface area contributed by atoms with Gasteiger partial charge < -0.3 is 9.97 Å². The molecule has 0 aliphatic carbocycles. The van der Waals surface area contributed by atoms with Crippen LogP contribution in [0, 0.1) is 0 Å². The molecule has 6 bridgehead atoms. The Hall–Kier alpha value is -4.63. The molecule has 60 heavy (non-hydrogen) atoms. The van der Waals surface area contributed by atoms with Crippen molar-refractivity contribution < 1.29 is 0 Å². The summed E-state index contributed by atoms with van der Waals surface area (Å²) >= 11 is 0. The van der Waals surface area contributed by atoms with E-state index in [0.717, 1.165) is 46.3 Å². The molecule has 0 saturated heterocycles. The van der Waals surface area contributed by atoms with Gasteiger partial charge in [0.15, 0.2) is 0 Å². The molecule has 3 heteroatoms. The summed E-state index contributed by atoms with van der Waals surface area (Å²) in [6.45, 7) is 41.9. The second kappa shape index (κ2) is 14.5. The Kier molecular flexibility index (Phi) is 10.5. The third-order valence-corrected chi connectivity index (χ3v) is 12.8. The summed E-state index contributed by atoms with van der Waals surface area (Å²) in [6.07, 6.45) is 1.73. The highest BCUT2D eigenvalue weighted by molar-refractivity contribution is 5.97. The number of aryl methyl sites for hydroxylation is 2. The monoisotopic (exact) mass is 800 g/mol. The molecule has 4 heterocycles. The van der Waals surface area contributed by atoms with E-state index in [0.29, 0.717) is 0 Å². The number of H-pyrrole nitrogens is 2. The molecule has 0 saturated carbocycles. The fraction of sp³-hybridized carbons (Fsp3) is 0.456. The van der Waals surface area contributed by atoms with Crippen LogP contribution < -0.4 is 0 Å². The van der Waals surface area contributed by atoms with Gasteiger partial charge in [0, 0.05) is 38.8 Å². The second-order valence-corrected chi connectivity index (χ2v) is 24.1. The van der Waals surface area contributed by atoms with Gasteiger partial charge in [0.2, 0.25) is 0 Å². The van der Waals surface area contributed by atoms with Crippen molar-refractivity contribution in [2.24, 2.45) is 0 Å². The number of aromatic nitrogens is 3. The zero-order chi connectivity index (χ0) is 44.1. The number of aromatic amines is 2. The molecule has 0 atom stereocenters. The molecule has 6 aromatic rings. The van der Waals surface area contributed by atoms with E-state index in [1.165, 1.54) is 66.8 Å². The molecule has 1 aliphatic heterocycles. The molecule has 316 valence electrons. The highest BCUT2D eigenvalue weighted by Crippen LogP contribution is 2.43. The molecule has 0 spiro atoms. The first-order chi connectivity index (χ1) is 27.5. The zero-order valence-electron chi connectivity index (χ0n) is 40.4. The Balaban J connectivity index is 1.70. The normalized spacial score (nSPS) is 14.0. The maximum absolute atomic E-state index is 5.74. The molecule has 0 radical (unpaired) electrons. The highest BCUT2D eigenvalue weighted by Gasteiger charge is 2.28. The van der Waals surface area contributed by atoms with Crippen molar-refractivity contribution in [1.82, 2.24) is 15.0 Å².